The van der Waals surface area contributed by atoms with Gasteiger partial charge < -0.3 is 39.4 Å². The number of alkyl halides is 6. The van der Waals surface area contributed by atoms with Gasteiger partial charge in [-0.3, -0.25) is 0 Å². The van der Waals surface area contributed by atoms with Gasteiger partial charge in [0.05, 0.1) is 29.4 Å². The number of benzene rings is 2. The Morgan fingerprint density at radius 1 is 0.754 bits per heavy atom. The van der Waals surface area contributed by atoms with Gasteiger partial charge in [0.1, 0.15) is 16.8 Å². The third kappa shape index (κ3) is 16.4. The van der Waals surface area contributed by atoms with E-state index in [4.69, 9.17) is 18.9 Å². The summed E-state index contributed by atoms with van der Waals surface area (Å²) < 4.78 is 105. The average molecular weight is 825 g/mol. The molecule has 1 aliphatic heterocycles. The van der Waals surface area contributed by atoms with E-state index in [1.165, 1.54) is 6.92 Å². The van der Waals surface area contributed by atoms with E-state index < -0.39 is 81.8 Å². The van der Waals surface area contributed by atoms with Gasteiger partial charge in [-0.15, -0.1) is 0 Å². The first kappa shape index (κ1) is 50.4. The van der Waals surface area contributed by atoms with Gasteiger partial charge in [-0.1, -0.05) is 37.8 Å². The van der Waals surface area contributed by atoms with Crippen LogP contribution in [0.3, 0.4) is 0 Å². The molecule has 57 heavy (non-hydrogen) atoms. The first-order valence-corrected chi connectivity index (χ1v) is 17.4. The summed E-state index contributed by atoms with van der Waals surface area (Å²) in [6.45, 7) is 15.7. The number of nitrogens with one attached hydrogen (secondary N) is 2. The summed E-state index contributed by atoms with van der Waals surface area (Å²) in [4.78, 5) is 46.7. The summed E-state index contributed by atoms with van der Waals surface area (Å²) in [6, 6.07) is 9.95. The minimum atomic E-state index is -5.01. The molecule has 0 radical (unpaired) electrons. The van der Waals surface area contributed by atoms with Crippen LogP contribution in [0.15, 0.2) is 48.5 Å². The third-order valence-electron chi connectivity index (χ3n) is 7.79. The van der Waals surface area contributed by atoms with Crippen LogP contribution in [0.5, 0.6) is 0 Å². The van der Waals surface area contributed by atoms with Gasteiger partial charge in [0.15, 0.2) is 5.54 Å². The van der Waals surface area contributed by atoms with Crippen molar-refractivity contribution in [2.24, 2.45) is 0 Å². The molecule has 3 rings (SSSR count). The van der Waals surface area contributed by atoms with E-state index in [0.717, 1.165) is 0 Å². The van der Waals surface area contributed by atoms with Crippen molar-refractivity contribution in [3.8, 4) is 0 Å². The van der Waals surface area contributed by atoms with E-state index in [1.54, 1.807) is 92.6 Å². The minimum absolute atomic E-state index is 0. The zero-order chi connectivity index (χ0) is 43.1. The van der Waals surface area contributed by atoms with Crippen LogP contribution < -0.4 is 10.6 Å². The lowest BCUT2D eigenvalue weighted by atomic mass is 9.76. The molecule has 0 spiro atoms. The predicted molar refractivity (Wildman–Crippen MR) is 196 cm³/mol. The number of carbonyl (C=O) groups is 4. The van der Waals surface area contributed by atoms with E-state index >= 15 is 0 Å². The Morgan fingerprint density at radius 3 is 1.58 bits per heavy atom. The molecule has 322 valence electrons. The highest BCUT2D eigenvalue weighted by molar-refractivity contribution is 5.85. The topological polar surface area (TPSA) is 159 Å². The first-order valence-electron chi connectivity index (χ1n) is 17.4. The number of amides is 1. The summed E-state index contributed by atoms with van der Waals surface area (Å²) in [5, 5.41) is 15.6. The maximum atomic E-state index is 13.4. The van der Waals surface area contributed by atoms with Crippen LogP contribution in [0.2, 0.25) is 0 Å². The van der Waals surface area contributed by atoms with Gasteiger partial charge in [-0.2, -0.15) is 26.3 Å². The quantitative estimate of drug-likeness (QED) is 0.106. The van der Waals surface area contributed by atoms with Crippen molar-refractivity contribution < 1.29 is 74.3 Å². The number of carboxylic acids is 1. The molecule has 0 aliphatic carbocycles. The number of rotatable bonds is 7. The summed E-state index contributed by atoms with van der Waals surface area (Å²) in [6.07, 6.45) is -14.2. The number of alkyl carbamates (subject to hydrolysis) is 1. The third-order valence-corrected chi connectivity index (χ3v) is 7.79. The molecular weight excluding hydrogens is 770 g/mol. The number of carbonyl (C=O) groups excluding carboxylic acids is 3. The van der Waals surface area contributed by atoms with Gasteiger partial charge in [-0.05, 0) is 111 Å². The number of piperidine rings is 1. The molecule has 12 nitrogen and oxygen atoms in total. The molecule has 0 unspecified atom stereocenters. The Hall–Kier alpha value is -4.58. The smallest absolute Gasteiger partial charge is 0.479 e. The number of hydrogen-bond donors (Lipinski definition) is 3. The molecular formula is C39H54F6N2O10. The second-order valence-corrected chi connectivity index (χ2v) is 16.1. The molecule has 1 saturated heterocycles. The van der Waals surface area contributed by atoms with Crippen molar-refractivity contribution in [3.05, 3.63) is 70.8 Å². The Kier molecular flexibility index (Phi) is 16.6. The van der Waals surface area contributed by atoms with E-state index in [1.807, 2.05) is 0 Å². The normalized spacial score (nSPS) is 19.4. The van der Waals surface area contributed by atoms with Gasteiger partial charge in [0.2, 0.25) is 0 Å². The SMILES string of the molecule is C.CC(C)(C)OC(=O)OC(=O)OC(C)(C)C.C[C@@H](OC[C@@]1(c2ccccc2)CC[C@@](NC(=O)OC(C)(C)C)(C(=O)O)CN1)c1cc(C(F)(F)F)cc(C(F)(F)F)c1. The van der Waals surface area contributed by atoms with Gasteiger partial charge >= 0.3 is 36.7 Å². The Labute approximate surface area is 328 Å². The highest BCUT2D eigenvalue weighted by Crippen LogP contribution is 2.40. The fourth-order valence-corrected chi connectivity index (χ4v) is 5.16. The maximum Gasteiger partial charge on any atom is 0.519 e. The van der Waals surface area contributed by atoms with Gasteiger partial charge in [0, 0.05) is 6.54 Å². The van der Waals surface area contributed by atoms with Crippen molar-refractivity contribution in [1.29, 1.82) is 0 Å². The van der Waals surface area contributed by atoms with Crippen molar-refractivity contribution in [3.63, 3.8) is 0 Å². The highest BCUT2D eigenvalue weighted by Gasteiger charge is 2.50. The Balaban J connectivity index is 0.000000861. The molecule has 2 aromatic rings. The van der Waals surface area contributed by atoms with Crippen LogP contribution in [-0.2, 0) is 46.4 Å². The van der Waals surface area contributed by atoms with Gasteiger partial charge in [0.25, 0.3) is 0 Å². The summed E-state index contributed by atoms with van der Waals surface area (Å²) in [5.41, 5.74) is -7.65. The van der Waals surface area contributed by atoms with Crippen LogP contribution in [-0.4, -0.2) is 65.0 Å². The van der Waals surface area contributed by atoms with E-state index in [-0.39, 0.29) is 45.0 Å². The summed E-state index contributed by atoms with van der Waals surface area (Å²) in [7, 11) is 0. The summed E-state index contributed by atoms with van der Waals surface area (Å²) in [5.74, 6) is -1.31. The van der Waals surface area contributed by atoms with Crippen molar-refractivity contribution in [1.82, 2.24) is 10.6 Å². The van der Waals surface area contributed by atoms with E-state index in [0.29, 0.717) is 17.7 Å². The van der Waals surface area contributed by atoms with Crippen LogP contribution in [0.25, 0.3) is 0 Å². The fourth-order valence-electron chi connectivity index (χ4n) is 5.16. The number of ether oxygens (including phenoxy) is 5. The zero-order valence-corrected chi connectivity index (χ0v) is 32.9. The lowest BCUT2D eigenvalue weighted by Crippen LogP contribution is -2.67. The lowest BCUT2D eigenvalue weighted by Gasteiger charge is -2.46. The Bertz CT molecular complexity index is 1610. The lowest BCUT2D eigenvalue weighted by molar-refractivity contribution is -0.147. The average Bonchev–Trinajstić information content (AvgIpc) is 3.01. The number of halogens is 6. The molecule has 18 heteroatoms. The van der Waals surface area contributed by atoms with Gasteiger partial charge in [-0.25, -0.2) is 19.2 Å². The first-order chi connectivity index (χ1) is 25.3. The molecule has 1 aliphatic rings. The van der Waals surface area contributed by atoms with E-state index in [2.05, 4.69) is 15.4 Å². The molecule has 1 amide bonds. The molecule has 1 fully saturated rings. The molecule has 3 N–H and O–H groups in total. The predicted octanol–water partition coefficient (Wildman–Crippen LogP) is 9.94. The number of hydrogen-bond acceptors (Lipinski definition) is 10. The molecule has 0 aromatic heterocycles. The second-order valence-electron chi connectivity index (χ2n) is 16.1. The minimum Gasteiger partial charge on any atom is -0.479 e. The van der Waals surface area contributed by atoms with E-state index in [9.17, 15) is 50.6 Å². The zero-order valence-electron chi connectivity index (χ0n) is 32.9. The van der Waals surface area contributed by atoms with Crippen molar-refractivity contribution in [2.75, 3.05) is 13.2 Å². The number of carboxylic acid groups (broad SMARTS) is 1. The monoisotopic (exact) mass is 824 g/mol. The molecule has 3 atom stereocenters. The second kappa shape index (κ2) is 18.8. The standard InChI is InChI=1S/C28H32F6N2O5.C10H18O5.CH4/c1-17(18-12-20(27(29,30)31)14-21(13-18)28(32,33)34)40-16-26(19-8-6-5-7-9-19)11-10-25(15-35-26,22(37)38)36-23(39)41-24(2,3)4;1-9(2,3)14-7(11)13-8(12)15-10(4,5)6;/h5-9,12-14,17,35H,10-11,15-16H2,1-4H3,(H,36,39)(H,37,38);1-6H3;1H4/t17-,25+,26-;;/m1../s1. The largest absolute Gasteiger partial charge is 0.519 e. The fraction of sp³-hybridized carbons (Fsp3) is 0.590. The van der Waals surface area contributed by atoms with Crippen LogP contribution in [0.4, 0.5) is 40.7 Å². The molecule has 1 heterocycles. The Morgan fingerprint density at radius 2 is 1.21 bits per heavy atom. The van der Waals surface area contributed by atoms with Crippen LogP contribution in [0.1, 0.15) is 118 Å². The van der Waals surface area contributed by atoms with Crippen LogP contribution >= 0.6 is 0 Å². The number of aliphatic carboxylic acids is 1. The molecule has 2 aromatic carbocycles. The van der Waals surface area contributed by atoms with Crippen molar-refractivity contribution >= 4 is 24.4 Å². The van der Waals surface area contributed by atoms with Crippen LogP contribution in [0, 0.1) is 0 Å². The molecule has 0 bridgehead atoms. The summed E-state index contributed by atoms with van der Waals surface area (Å²) >= 11 is 0. The molecule has 0 saturated carbocycles. The maximum absolute atomic E-state index is 13.4. The highest BCUT2D eigenvalue weighted by atomic mass is 19.4. The van der Waals surface area contributed by atoms with Crippen molar-refractivity contribution in [2.45, 2.75) is 136 Å².